The Labute approximate surface area is 309 Å². The average molecular weight is 675 g/mol. The van der Waals surface area contributed by atoms with Crippen molar-refractivity contribution in [1.29, 1.82) is 0 Å². The molecule has 2 heteroatoms. The Kier molecular flexibility index (Phi) is 7.58. The Bertz CT molecular complexity index is 2800. The number of nitrogens with zero attached hydrogens (tertiary/aromatic N) is 2. The zero-order valence-corrected chi connectivity index (χ0v) is 29.1. The maximum Gasteiger partial charge on any atom is 0.0794 e. The lowest BCUT2D eigenvalue weighted by Crippen LogP contribution is -2.00. The van der Waals surface area contributed by atoms with Crippen LogP contribution < -0.4 is 0 Å². The molecular weight excluding hydrogens is 641 g/mol. The highest BCUT2D eigenvalue weighted by atomic mass is 14.8. The Hall–Kier alpha value is -6.90. The molecule has 0 unspecified atom stereocenters. The van der Waals surface area contributed by atoms with Crippen molar-refractivity contribution < 1.29 is 0 Å². The molecule has 1 aliphatic heterocycles. The zero-order chi connectivity index (χ0) is 35.1. The Morgan fingerprint density at radius 1 is 0.340 bits per heavy atom. The van der Waals surface area contributed by atoms with E-state index in [2.05, 4.69) is 194 Å². The number of aliphatic imine (C=N–C) groups is 1. The summed E-state index contributed by atoms with van der Waals surface area (Å²) in [5.74, 6) is 0. The standard InChI is InChI=1S/C51H34N2/c1-3-11-34(12-4-1)36-19-23-38(24-20-36)45-32-47-46(39-25-29-40(30-26-39)49-31-42-15-7-10-18-48(42)52-49)33-50(53-51(47)44-17-9-8-16-43(44)45)41-27-21-37(22-28-41)35-13-5-2-6-14-35/h1-30,32-33H,31H2. The highest BCUT2D eigenvalue weighted by molar-refractivity contribution is 6.16. The van der Waals surface area contributed by atoms with Crippen LogP contribution in [-0.4, -0.2) is 10.7 Å². The molecule has 0 saturated carbocycles. The molecule has 0 amide bonds. The second-order valence-electron chi connectivity index (χ2n) is 13.7. The van der Waals surface area contributed by atoms with Gasteiger partial charge in [-0.05, 0) is 79.2 Å². The topological polar surface area (TPSA) is 25.2 Å². The number of rotatable bonds is 6. The van der Waals surface area contributed by atoms with Gasteiger partial charge in [0.2, 0.25) is 0 Å². The first kappa shape index (κ1) is 30.9. The van der Waals surface area contributed by atoms with Crippen LogP contribution in [0.4, 0.5) is 5.69 Å². The van der Waals surface area contributed by atoms with Gasteiger partial charge in [0.1, 0.15) is 0 Å². The van der Waals surface area contributed by atoms with Gasteiger partial charge in [-0.25, -0.2) is 4.98 Å². The van der Waals surface area contributed by atoms with E-state index in [0.29, 0.717) is 0 Å². The maximum absolute atomic E-state index is 5.44. The van der Waals surface area contributed by atoms with Crippen molar-refractivity contribution in [3.63, 3.8) is 0 Å². The van der Waals surface area contributed by atoms with E-state index in [1.165, 1.54) is 44.3 Å². The van der Waals surface area contributed by atoms with Gasteiger partial charge < -0.3 is 0 Å². The highest BCUT2D eigenvalue weighted by Gasteiger charge is 2.18. The van der Waals surface area contributed by atoms with Gasteiger partial charge in [0.25, 0.3) is 0 Å². The van der Waals surface area contributed by atoms with Gasteiger partial charge in [-0.3, -0.25) is 4.99 Å². The number of pyridine rings is 1. The molecule has 53 heavy (non-hydrogen) atoms. The fourth-order valence-corrected chi connectivity index (χ4v) is 7.76. The van der Waals surface area contributed by atoms with Crippen LogP contribution in [0.2, 0.25) is 0 Å². The van der Waals surface area contributed by atoms with E-state index in [-0.39, 0.29) is 0 Å². The van der Waals surface area contributed by atoms with Gasteiger partial charge in [0.05, 0.1) is 22.6 Å². The lowest BCUT2D eigenvalue weighted by molar-refractivity contribution is 1.39. The zero-order valence-electron chi connectivity index (χ0n) is 29.1. The molecule has 0 atom stereocenters. The molecule has 0 aliphatic carbocycles. The summed E-state index contributed by atoms with van der Waals surface area (Å²) in [6, 6.07) is 69.6. The maximum atomic E-state index is 5.44. The van der Waals surface area contributed by atoms with E-state index in [1.54, 1.807) is 0 Å². The van der Waals surface area contributed by atoms with Crippen LogP contribution in [-0.2, 0) is 6.42 Å². The molecule has 0 radical (unpaired) electrons. The summed E-state index contributed by atoms with van der Waals surface area (Å²) in [6.45, 7) is 0. The summed E-state index contributed by atoms with van der Waals surface area (Å²) in [5.41, 5.74) is 17.2. The molecule has 8 aromatic carbocycles. The predicted octanol–water partition coefficient (Wildman–Crippen LogP) is 13.4. The molecule has 10 rings (SSSR count). The highest BCUT2D eigenvalue weighted by Crippen LogP contribution is 2.41. The molecule has 248 valence electrons. The van der Waals surface area contributed by atoms with Gasteiger partial charge in [-0.2, -0.15) is 0 Å². The normalized spacial score (nSPS) is 12.2. The smallest absolute Gasteiger partial charge is 0.0794 e. The van der Waals surface area contributed by atoms with Crippen molar-refractivity contribution in [2.75, 3.05) is 0 Å². The molecule has 1 aliphatic rings. The lowest BCUT2D eigenvalue weighted by atomic mass is 9.90. The van der Waals surface area contributed by atoms with Crippen LogP contribution >= 0.6 is 0 Å². The summed E-state index contributed by atoms with van der Waals surface area (Å²) in [5, 5.41) is 3.47. The van der Waals surface area contributed by atoms with Crippen molar-refractivity contribution in [2.24, 2.45) is 4.99 Å². The molecule has 0 fully saturated rings. The van der Waals surface area contributed by atoms with Crippen molar-refractivity contribution in [3.05, 3.63) is 205 Å². The summed E-state index contributed by atoms with van der Waals surface area (Å²) in [7, 11) is 0. The van der Waals surface area contributed by atoms with E-state index in [9.17, 15) is 0 Å². The van der Waals surface area contributed by atoms with Crippen LogP contribution in [0.1, 0.15) is 11.1 Å². The summed E-state index contributed by atoms with van der Waals surface area (Å²) in [6.07, 6.45) is 0.856. The first-order valence-corrected chi connectivity index (χ1v) is 18.2. The van der Waals surface area contributed by atoms with Gasteiger partial charge in [-0.1, -0.05) is 176 Å². The Balaban J connectivity index is 1.14. The van der Waals surface area contributed by atoms with E-state index in [4.69, 9.17) is 9.98 Å². The Morgan fingerprint density at radius 2 is 0.811 bits per heavy atom. The van der Waals surface area contributed by atoms with Gasteiger partial charge in [-0.15, -0.1) is 0 Å². The van der Waals surface area contributed by atoms with E-state index >= 15 is 0 Å². The van der Waals surface area contributed by atoms with Crippen LogP contribution in [0.25, 0.3) is 77.4 Å². The van der Waals surface area contributed by atoms with Crippen LogP contribution in [0, 0.1) is 0 Å². The van der Waals surface area contributed by atoms with Crippen molar-refractivity contribution in [2.45, 2.75) is 6.42 Å². The van der Waals surface area contributed by atoms with Crippen LogP contribution in [0.3, 0.4) is 0 Å². The first-order chi connectivity index (χ1) is 26.2. The van der Waals surface area contributed by atoms with Gasteiger partial charge >= 0.3 is 0 Å². The number of benzene rings is 8. The summed E-state index contributed by atoms with van der Waals surface area (Å²) in [4.78, 5) is 10.4. The van der Waals surface area contributed by atoms with E-state index < -0.39 is 0 Å². The third-order valence-electron chi connectivity index (χ3n) is 10.5. The minimum absolute atomic E-state index is 0.856. The number of hydrogen-bond donors (Lipinski definition) is 0. The number of aromatic nitrogens is 1. The second-order valence-corrected chi connectivity index (χ2v) is 13.7. The van der Waals surface area contributed by atoms with Gasteiger partial charge in [0.15, 0.2) is 0 Å². The average Bonchev–Trinajstić information content (AvgIpc) is 3.69. The number of fused-ring (bicyclic) bond motifs is 4. The molecule has 2 heterocycles. The number of hydrogen-bond acceptors (Lipinski definition) is 2. The molecule has 0 N–H and O–H groups in total. The SMILES string of the molecule is c1ccc(-c2ccc(-c3cc(-c4ccc(C5=Nc6ccccc6C5)cc4)c4cc(-c5ccc(-c6ccccc6)cc5)c5ccccc5c4n3)cc2)cc1. The minimum atomic E-state index is 0.856. The fraction of sp³-hybridized carbons (Fsp3) is 0.0196. The van der Waals surface area contributed by atoms with E-state index in [1.807, 2.05) is 0 Å². The molecule has 2 nitrogen and oxygen atoms in total. The third-order valence-corrected chi connectivity index (χ3v) is 10.5. The lowest BCUT2D eigenvalue weighted by Gasteiger charge is -2.16. The van der Waals surface area contributed by atoms with Crippen LogP contribution in [0.5, 0.6) is 0 Å². The van der Waals surface area contributed by atoms with Crippen molar-refractivity contribution in [3.8, 4) is 55.8 Å². The first-order valence-electron chi connectivity index (χ1n) is 18.2. The van der Waals surface area contributed by atoms with Crippen molar-refractivity contribution >= 4 is 33.1 Å². The quantitative estimate of drug-likeness (QED) is 0.161. The molecule has 1 aromatic heterocycles. The molecule has 0 spiro atoms. The minimum Gasteiger partial charge on any atom is -0.252 e. The predicted molar refractivity (Wildman–Crippen MR) is 223 cm³/mol. The van der Waals surface area contributed by atoms with Gasteiger partial charge in [0, 0.05) is 22.8 Å². The summed E-state index contributed by atoms with van der Waals surface area (Å²) >= 11 is 0. The fourth-order valence-electron chi connectivity index (χ4n) is 7.76. The second kappa shape index (κ2) is 13.0. The molecule has 9 aromatic rings. The summed E-state index contributed by atoms with van der Waals surface area (Å²) < 4.78 is 0. The third kappa shape index (κ3) is 5.71. The van der Waals surface area contributed by atoms with Crippen LogP contribution in [0.15, 0.2) is 199 Å². The largest absolute Gasteiger partial charge is 0.252 e. The molecular formula is C51H34N2. The Morgan fingerprint density at radius 3 is 1.43 bits per heavy atom. The monoisotopic (exact) mass is 674 g/mol. The molecule has 0 saturated heterocycles. The molecule has 0 bridgehead atoms. The van der Waals surface area contributed by atoms with Crippen molar-refractivity contribution in [1.82, 2.24) is 4.98 Å². The van der Waals surface area contributed by atoms with E-state index in [0.717, 1.165) is 62.1 Å². The number of para-hydroxylation sites is 1.